The first-order valence-electron chi connectivity index (χ1n) is 11.8. The van der Waals surface area contributed by atoms with Crippen LogP contribution >= 0.6 is 0 Å². The molecule has 5 rings (SSSR count). The summed E-state index contributed by atoms with van der Waals surface area (Å²) in [5.41, 5.74) is 3.47. The van der Waals surface area contributed by atoms with Crippen LogP contribution in [0.3, 0.4) is 0 Å². The third kappa shape index (κ3) is 4.36. The highest BCUT2D eigenvalue weighted by Crippen LogP contribution is 2.43. The summed E-state index contributed by atoms with van der Waals surface area (Å²) < 4.78 is 50.3. The minimum Gasteiger partial charge on any atom is -0.361 e. The second-order valence-electron chi connectivity index (χ2n) is 9.48. The van der Waals surface area contributed by atoms with Crippen LogP contribution in [0.2, 0.25) is 0 Å². The second-order valence-corrected chi connectivity index (χ2v) is 9.48. The lowest BCUT2D eigenvalue weighted by Gasteiger charge is -2.34. The Hall–Kier alpha value is -3.69. The zero-order valence-electron chi connectivity index (χ0n) is 20.2. The molecule has 1 aliphatic rings. The number of aromatic nitrogens is 4. The molecule has 1 N–H and O–H groups in total. The number of fused-ring (bicyclic) bond motifs is 1. The molecule has 0 atom stereocenters. The molecular weight excluding hydrogens is 471 g/mol. The number of hydrogen-bond donors (Lipinski definition) is 1. The van der Waals surface area contributed by atoms with Gasteiger partial charge < -0.3 is 14.4 Å². The average molecular weight is 498 g/mol. The molecule has 4 aromatic rings. The van der Waals surface area contributed by atoms with Crippen LogP contribution in [0, 0.1) is 13.8 Å². The Balaban J connectivity index is 1.61. The van der Waals surface area contributed by atoms with Crippen LogP contribution in [-0.4, -0.2) is 44.2 Å². The van der Waals surface area contributed by atoms with Gasteiger partial charge in [0, 0.05) is 60.7 Å². The second kappa shape index (κ2) is 8.76. The molecular formula is C26H26F3N5O2. The van der Waals surface area contributed by atoms with Gasteiger partial charge in [-0.05, 0) is 38.8 Å². The highest BCUT2D eigenvalue weighted by Gasteiger charge is 2.44. The Kier molecular flexibility index (Phi) is 5.84. The summed E-state index contributed by atoms with van der Waals surface area (Å²) >= 11 is 0. The first kappa shape index (κ1) is 24.0. The van der Waals surface area contributed by atoms with E-state index in [1.807, 2.05) is 19.9 Å². The topological polar surface area (TPSA) is 85.8 Å². The number of alkyl halides is 3. The largest absolute Gasteiger partial charge is 0.361 e. The summed E-state index contributed by atoms with van der Waals surface area (Å²) in [7, 11) is 1.53. The van der Waals surface area contributed by atoms with Crippen LogP contribution in [-0.2, 0) is 6.54 Å². The summed E-state index contributed by atoms with van der Waals surface area (Å²) in [6.45, 7) is 3.57. The van der Waals surface area contributed by atoms with Gasteiger partial charge in [0.1, 0.15) is 17.1 Å². The van der Waals surface area contributed by atoms with Crippen molar-refractivity contribution in [2.24, 2.45) is 0 Å². The molecule has 0 radical (unpaired) electrons. The zero-order chi connectivity index (χ0) is 25.7. The van der Waals surface area contributed by atoms with Gasteiger partial charge in [-0.15, -0.1) is 0 Å². The maximum Gasteiger partial charge on any atom is 0.269 e. The number of aryl methyl sites for hydroxylation is 2. The quantitative estimate of drug-likeness (QED) is 0.385. The van der Waals surface area contributed by atoms with Crippen LogP contribution in [0.15, 0.2) is 41.3 Å². The van der Waals surface area contributed by atoms with E-state index in [0.29, 0.717) is 33.6 Å². The van der Waals surface area contributed by atoms with Crippen LogP contribution in [0.1, 0.15) is 47.6 Å². The van der Waals surface area contributed by atoms with Crippen molar-refractivity contribution in [3.05, 3.63) is 53.9 Å². The van der Waals surface area contributed by atoms with E-state index in [-0.39, 0.29) is 31.0 Å². The molecule has 0 aliphatic heterocycles. The van der Waals surface area contributed by atoms with E-state index in [4.69, 9.17) is 4.52 Å². The molecule has 0 aromatic carbocycles. The van der Waals surface area contributed by atoms with Crippen molar-refractivity contribution in [2.75, 3.05) is 7.05 Å². The number of carbonyl (C=O) groups is 1. The number of pyridine rings is 2. The van der Waals surface area contributed by atoms with Gasteiger partial charge in [0.2, 0.25) is 5.92 Å². The van der Waals surface area contributed by atoms with Crippen LogP contribution in [0.25, 0.3) is 33.3 Å². The number of nitrogens with one attached hydrogen (secondary N) is 1. The molecule has 188 valence electrons. The summed E-state index contributed by atoms with van der Waals surface area (Å²) in [4.78, 5) is 20.8. The monoisotopic (exact) mass is 497 g/mol. The molecule has 0 spiro atoms. The minimum atomic E-state index is -2.82. The van der Waals surface area contributed by atoms with Crippen LogP contribution < -0.4 is 5.32 Å². The lowest BCUT2D eigenvalue weighted by Crippen LogP contribution is -2.38. The lowest BCUT2D eigenvalue weighted by molar-refractivity contribution is -0.0791. The van der Waals surface area contributed by atoms with Crippen molar-refractivity contribution < 1.29 is 22.5 Å². The molecule has 0 saturated heterocycles. The maximum absolute atomic E-state index is 15.8. The predicted molar refractivity (Wildman–Crippen MR) is 129 cm³/mol. The third-order valence-corrected chi connectivity index (χ3v) is 6.90. The zero-order valence-corrected chi connectivity index (χ0v) is 20.2. The maximum atomic E-state index is 15.8. The van der Waals surface area contributed by atoms with Gasteiger partial charge in [0.25, 0.3) is 5.91 Å². The van der Waals surface area contributed by atoms with Crippen LogP contribution in [0.4, 0.5) is 13.2 Å². The van der Waals surface area contributed by atoms with Gasteiger partial charge >= 0.3 is 0 Å². The molecule has 7 nitrogen and oxygen atoms in total. The fraction of sp³-hybridized carbons (Fsp3) is 0.385. The first-order valence-corrected chi connectivity index (χ1v) is 11.8. The highest BCUT2D eigenvalue weighted by molar-refractivity contribution is 5.96. The summed E-state index contributed by atoms with van der Waals surface area (Å²) in [5.74, 6) is -2.49. The number of nitrogens with zero attached hydrogens (tertiary/aromatic N) is 4. The Bertz CT molecular complexity index is 1410. The summed E-state index contributed by atoms with van der Waals surface area (Å²) in [6, 6.07) is 5.26. The van der Waals surface area contributed by atoms with E-state index >= 15 is 4.39 Å². The molecule has 36 heavy (non-hydrogen) atoms. The van der Waals surface area contributed by atoms with Crippen molar-refractivity contribution in [1.82, 2.24) is 25.0 Å². The number of carbonyl (C=O) groups excluding carboxylic acids is 1. The van der Waals surface area contributed by atoms with Crippen molar-refractivity contribution in [3.8, 4) is 22.3 Å². The van der Waals surface area contributed by atoms with E-state index in [1.54, 1.807) is 35.3 Å². The van der Waals surface area contributed by atoms with Gasteiger partial charge in [0.15, 0.2) is 0 Å². The average Bonchev–Trinajstić information content (AvgIpc) is 3.39. The van der Waals surface area contributed by atoms with Crippen molar-refractivity contribution >= 4 is 16.9 Å². The molecule has 1 aliphatic carbocycles. The number of amides is 1. The number of rotatable bonds is 5. The van der Waals surface area contributed by atoms with Gasteiger partial charge in [-0.3, -0.25) is 14.8 Å². The summed E-state index contributed by atoms with van der Waals surface area (Å²) in [5, 5.41) is 6.55. The standard InChI is InChI=1S/C26H26F3N5O2/c1-15-22(16(2)36-33-15)18-10-21-23(32-12-18)19(17-4-5-20(31-11-17)24(35)30-3)13-34(21)14-25(27)6-8-26(28,29)9-7-25/h4-5,10-13H,6-9,14H2,1-3H3,(H,30,35). The van der Waals surface area contributed by atoms with Crippen molar-refractivity contribution in [3.63, 3.8) is 0 Å². The van der Waals surface area contributed by atoms with Crippen molar-refractivity contribution in [1.29, 1.82) is 0 Å². The van der Waals surface area contributed by atoms with E-state index in [2.05, 4.69) is 20.4 Å². The molecule has 1 fully saturated rings. The molecule has 4 aromatic heterocycles. The highest BCUT2D eigenvalue weighted by atomic mass is 19.3. The van der Waals surface area contributed by atoms with Gasteiger partial charge in [0.05, 0.1) is 23.3 Å². The summed E-state index contributed by atoms with van der Waals surface area (Å²) in [6.07, 6.45) is 3.69. The normalized spacial score (nSPS) is 16.8. The molecule has 1 amide bonds. The minimum absolute atomic E-state index is 0.0733. The molecule has 1 saturated carbocycles. The molecule has 10 heteroatoms. The van der Waals surface area contributed by atoms with Gasteiger partial charge in [-0.1, -0.05) is 11.2 Å². The molecule has 0 bridgehead atoms. The Morgan fingerprint density at radius 2 is 1.81 bits per heavy atom. The molecule has 0 unspecified atom stereocenters. The molecule has 4 heterocycles. The van der Waals surface area contributed by atoms with Gasteiger partial charge in [-0.25, -0.2) is 13.2 Å². The fourth-order valence-electron chi connectivity index (χ4n) is 4.88. The van der Waals surface area contributed by atoms with E-state index in [1.165, 1.54) is 7.05 Å². The third-order valence-electron chi connectivity index (χ3n) is 6.90. The smallest absolute Gasteiger partial charge is 0.269 e. The Morgan fingerprint density at radius 3 is 2.42 bits per heavy atom. The Labute approximate surface area is 205 Å². The Morgan fingerprint density at radius 1 is 1.08 bits per heavy atom. The van der Waals surface area contributed by atoms with E-state index < -0.39 is 24.4 Å². The van der Waals surface area contributed by atoms with Gasteiger partial charge in [-0.2, -0.15) is 0 Å². The van der Waals surface area contributed by atoms with Crippen LogP contribution in [0.5, 0.6) is 0 Å². The predicted octanol–water partition coefficient (Wildman–Crippen LogP) is 5.65. The number of halogens is 3. The van der Waals surface area contributed by atoms with E-state index in [9.17, 15) is 13.6 Å². The lowest BCUT2D eigenvalue weighted by atomic mass is 9.84. The number of hydrogen-bond acceptors (Lipinski definition) is 5. The van der Waals surface area contributed by atoms with Crippen molar-refractivity contribution in [2.45, 2.75) is 57.7 Å². The van der Waals surface area contributed by atoms with E-state index in [0.717, 1.165) is 11.1 Å². The SMILES string of the molecule is CNC(=O)c1ccc(-c2cn(CC3(F)CCC(F)(F)CC3)c3cc(-c4c(C)noc4C)cnc23)cn1. The first-order chi connectivity index (χ1) is 17.1. The fourth-order valence-corrected chi connectivity index (χ4v) is 4.88.